The van der Waals surface area contributed by atoms with Crippen LogP contribution in [0.3, 0.4) is 0 Å². The number of rotatable bonds is 17. The van der Waals surface area contributed by atoms with E-state index in [-0.39, 0.29) is 55.4 Å². The number of sulfonamides is 1. The SMILES string of the molecule is CC1(C)[C@H]2CC[C@]1(C)[C@@H](NC(=O)[C@H](CC1CCCCC1)S(=O)(=O)N[C@@H](CCCCNC(=O)OCc1ccccc1)C(=O)OCc1ccccc1)C2. The number of amides is 2. The third kappa shape index (κ3) is 9.92. The van der Waals surface area contributed by atoms with Crippen LogP contribution in [-0.2, 0) is 42.3 Å². The summed E-state index contributed by atoms with van der Waals surface area (Å²) in [6.45, 7) is 7.20. The van der Waals surface area contributed by atoms with Crippen LogP contribution in [0.2, 0.25) is 0 Å². The number of fused-ring (bicyclic) bond motifs is 2. The molecule has 280 valence electrons. The van der Waals surface area contributed by atoms with E-state index in [4.69, 9.17) is 9.47 Å². The second-order valence-corrected chi connectivity index (χ2v) is 17.6. The summed E-state index contributed by atoms with van der Waals surface area (Å²) in [5.41, 5.74) is 1.61. The third-order valence-corrected chi connectivity index (χ3v) is 14.0. The highest BCUT2D eigenvalue weighted by atomic mass is 32.2. The second-order valence-electron chi connectivity index (χ2n) is 15.7. The molecule has 2 aromatic carbocycles. The van der Waals surface area contributed by atoms with Gasteiger partial charge in [-0.2, -0.15) is 0 Å². The molecule has 0 unspecified atom stereocenters. The molecular formula is C40H57N3O7S. The third-order valence-electron chi connectivity index (χ3n) is 12.3. The van der Waals surface area contributed by atoms with Crippen molar-refractivity contribution < 1.29 is 32.3 Å². The van der Waals surface area contributed by atoms with Gasteiger partial charge in [0.25, 0.3) is 0 Å². The standard InChI is InChI=1S/C40H57N3O7S/c1-39(2)32-22-23-40(39,3)35(26-32)42-36(44)34(25-29-15-7-4-8-16-29)51(47,48)43-33(37(45)49-27-30-17-9-5-10-18-30)21-13-14-24-41-38(46)50-28-31-19-11-6-12-20-31/h5-6,9-12,17-20,29,32-35,43H,4,7-8,13-16,21-28H2,1-3H3,(H,41,46)(H,42,44)/t32-,33-,34-,35-,40+/m0/s1. The van der Waals surface area contributed by atoms with Crippen LogP contribution in [0.1, 0.15) is 109 Å². The Hall–Kier alpha value is -3.44. The fourth-order valence-corrected chi connectivity index (χ4v) is 10.2. The highest BCUT2D eigenvalue weighted by Crippen LogP contribution is 2.65. The van der Waals surface area contributed by atoms with E-state index in [1.54, 1.807) is 0 Å². The van der Waals surface area contributed by atoms with E-state index in [0.717, 1.165) is 62.5 Å². The topological polar surface area (TPSA) is 140 Å². The Morgan fingerprint density at radius 1 is 0.843 bits per heavy atom. The van der Waals surface area contributed by atoms with Crippen molar-refractivity contribution in [2.24, 2.45) is 22.7 Å². The first-order valence-corrected chi connectivity index (χ1v) is 20.4. The first-order valence-electron chi connectivity index (χ1n) is 18.9. The molecule has 10 nitrogen and oxygen atoms in total. The van der Waals surface area contributed by atoms with E-state index in [1.807, 2.05) is 60.7 Å². The predicted octanol–water partition coefficient (Wildman–Crippen LogP) is 6.78. The van der Waals surface area contributed by atoms with Crippen molar-refractivity contribution in [2.45, 2.75) is 128 Å². The number of ether oxygens (including phenoxy) is 2. The van der Waals surface area contributed by atoms with Crippen LogP contribution in [0.25, 0.3) is 0 Å². The first kappa shape index (κ1) is 38.8. The Bertz CT molecular complexity index is 1560. The molecule has 0 aromatic heterocycles. The fraction of sp³-hybridized carbons (Fsp3) is 0.625. The zero-order valence-corrected chi connectivity index (χ0v) is 31.3. The number of esters is 1. The van der Waals surface area contributed by atoms with Crippen LogP contribution in [0.15, 0.2) is 60.7 Å². The minimum Gasteiger partial charge on any atom is -0.460 e. The van der Waals surface area contributed by atoms with Gasteiger partial charge < -0.3 is 20.1 Å². The predicted molar refractivity (Wildman–Crippen MR) is 197 cm³/mol. The van der Waals surface area contributed by atoms with E-state index in [9.17, 15) is 22.8 Å². The monoisotopic (exact) mass is 723 g/mol. The van der Waals surface area contributed by atoms with Crippen LogP contribution < -0.4 is 15.4 Å². The number of hydrogen-bond donors (Lipinski definition) is 3. The van der Waals surface area contributed by atoms with Gasteiger partial charge in [0.15, 0.2) is 5.25 Å². The Morgan fingerprint density at radius 2 is 1.47 bits per heavy atom. The molecule has 5 rings (SSSR count). The smallest absolute Gasteiger partial charge is 0.407 e. The molecule has 0 spiro atoms. The Kier molecular flexibility index (Phi) is 13.2. The highest BCUT2D eigenvalue weighted by Gasteiger charge is 2.62. The fourth-order valence-electron chi connectivity index (χ4n) is 8.56. The molecule has 3 N–H and O–H groups in total. The summed E-state index contributed by atoms with van der Waals surface area (Å²) in [5.74, 6) is -0.563. The Labute approximate surface area is 304 Å². The van der Waals surface area contributed by atoms with Crippen molar-refractivity contribution in [1.82, 2.24) is 15.4 Å². The molecule has 0 radical (unpaired) electrons. The zero-order chi connectivity index (χ0) is 36.5. The van der Waals surface area contributed by atoms with Crippen LogP contribution in [0.4, 0.5) is 4.79 Å². The zero-order valence-electron chi connectivity index (χ0n) is 30.5. The summed E-state index contributed by atoms with van der Waals surface area (Å²) in [6, 6.07) is 17.3. The number of unbranched alkanes of at least 4 members (excludes halogenated alkanes) is 1. The molecule has 2 bridgehead atoms. The second kappa shape index (κ2) is 17.4. The molecule has 51 heavy (non-hydrogen) atoms. The first-order chi connectivity index (χ1) is 24.4. The molecule has 3 aliphatic carbocycles. The number of nitrogens with one attached hydrogen (secondary N) is 3. The van der Waals surface area contributed by atoms with Crippen LogP contribution in [-0.4, -0.2) is 50.3 Å². The maximum atomic E-state index is 14.3. The lowest BCUT2D eigenvalue weighted by Gasteiger charge is -2.40. The summed E-state index contributed by atoms with van der Waals surface area (Å²) < 4.78 is 42.1. The summed E-state index contributed by atoms with van der Waals surface area (Å²) in [4.78, 5) is 39.8. The maximum absolute atomic E-state index is 14.3. The Balaban J connectivity index is 1.24. The molecule has 11 heteroatoms. The number of benzene rings is 2. The largest absolute Gasteiger partial charge is 0.460 e. The number of carbonyl (C=O) groups is 3. The molecule has 0 heterocycles. The van der Waals surface area contributed by atoms with Gasteiger partial charge in [0.1, 0.15) is 19.3 Å². The maximum Gasteiger partial charge on any atom is 0.407 e. The minimum atomic E-state index is -4.29. The van der Waals surface area contributed by atoms with Gasteiger partial charge in [-0.15, -0.1) is 0 Å². The van der Waals surface area contributed by atoms with Crippen molar-refractivity contribution in [3.05, 3.63) is 71.8 Å². The summed E-state index contributed by atoms with van der Waals surface area (Å²) >= 11 is 0. The summed E-state index contributed by atoms with van der Waals surface area (Å²) in [5, 5.41) is 4.61. The van der Waals surface area contributed by atoms with E-state index < -0.39 is 39.3 Å². The summed E-state index contributed by atoms with van der Waals surface area (Å²) in [7, 11) is -4.29. The molecule has 2 amide bonds. The lowest BCUT2D eigenvalue weighted by molar-refractivity contribution is -0.147. The van der Waals surface area contributed by atoms with E-state index >= 15 is 0 Å². The van der Waals surface area contributed by atoms with E-state index in [2.05, 4.69) is 36.1 Å². The van der Waals surface area contributed by atoms with Crippen molar-refractivity contribution in [3.8, 4) is 0 Å². The van der Waals surface area contributed by atoms with Gasteiger partial charge in [-0.3, -0.25) is 9.59 Å². The molecule has 5 atom stereocenters. The van der Waals surface area contributed by atoms with Crippen molar-refractivity contribution in [3.63, 3.8) is 0 Å². The summed E-state index contributed by atoms with van der Waals surface area (Å²) in [6.07, 6.45) is 8.61. The van der Waals surface area contributed by atoms with Gasteiger partial charge in [-0.25, -0.2) is 17.9 Å². The quantitative estimate of drug-likeness (QED) is 0.121. The average molecular weight is 724 g/mol. The molecular weight excluding hydrogens is 667 g/mol. The molecule has 3 saturated carbocycles. The van der Waals surface area contributed by atoms with Gasteiger partial charge in [0, 0.05) is 12.6 Å². The van der Waals surface area contributed by atoms with Gasteiger partial charge in [0.05, 0.1) is 0 Å². The highest BCUT2D eigenvalue weighted by molar-refractivity contribution is 7.90. The van der Waals surface area contributed by atoms with Gasteiger partial charge in [0.2, 0.25) is 15.9 Å². The van der Waals surface area contributed by atoms with Crippen LogP contribution in [0.5, 0.6) is 0 Å². The van der Waals surface area contributed by atoms with Gasteiger partial charge in [-0.1, -0.05) is 114 Å². The lowest BCUT2D eigenvalue weighted by Crippen LogP contribution is -2.55. The Morgan fingerprint density at radius 3 is 2.06 bits per heavy atom. The minimum absolute atomic E-state index is 0.00405. The molecule has 3 aliphatic rings. The van der Waals surface area contributed by atoms with Gasteiger partial charge in [-0.05, 0) is 78.7 Å². The average Bonchev–Trinajstić information content (AvgIpc) is 3.46. The normalized spacial score (nSPS) is 24.0. The van der Waals surface area contributed by atoms with Crippen molar-refractivity contribution in [1.29, 1.82) is 0 Å². The van der Waals surface area contributed by atoms with Crippen molar-refractivity contribution in [2.75, 3.05) is 6.54 Å². The molecule has 2 aromatic rings. The van der Waals surface area contributed by atoms with Crippen LogP contribution >= 0.6 is 0 Å². The van der Waals surface area contributed by atoms with E-state index in [0.29, 0.717) is 18.8 Å². The van der Waals surface area contributed by atoms with Gasteiger partial charge >= 0.3 is 12.1 Å². The lowest BCUT2D eigenvalue weighted by atomic mass is 9.69. The number of alkyl carbamates (subject to hydrolysis) is 1. The van der Waals surface area contributed by atoms with Crippen molar-refractivity contribution >= 4 is 28.0 Å². The van der Waals surface area contributed by atoms with E-state index in [1.165, 1.54) is 0 Å². The molecule has 0 saturated heterocycles. The number of carbonyl (C=O) groups excluding carboxylic acids is 3. The molecule has 0 aliphatic heterocycles. The molecule has 3 fully saturated rings. The van der Waals surface area contributed by atoms with Crippen LogP contribution in [0, 0.1) is 22.7 Å². The number of hydrogen-bond acceptors (Lipinski definition) is 7.